The molecule has 1 fully saturated rings. The number of rotatable bonds is 4. The van der Waals surface area contributed by atoms with Crippen molar-refractivity contribution in [1.82, 2.24) is 14.5 Å². The zero-order valence-electron chi connectivity index (χ0n) is 12.7. The van der Waals surface area contributed by atoms with Crippen LogP contribution in [0.25, 0.3) is 6.08 Å². The standard InChI is InChI=1S/C16H17N3O3S/c1-18-10-9-17-16(18)23(21,22)14-11-19(12-14)15(20)8-7-13-5-3-2-4-6-13/h2-10,14H,11-12H2,1H3/b8-7+. The Hall–Kier alpha value is -2.41. The van der Waals surface area contributed by atoms with Gasteiger partial charge in [-0.15, -0.1) is 0 Å². The van der Waals surface area contributed by atoms with Gasteiger partial charge in [-0.2, -0.15) is 0 Å². The van der Waals surface area contributed by atoms with Gasteiger partial charge in [-0.3, -0.25) is 4.79 Å². The second-order valence-corrected chi connectivity index (χ2v) is 7.60. The first-order valence-electron chi connectivity index (χ1n) is 7.22. The molecule has 1 aromatic heterocycles. The summed E-state index contributed by atoms with van der Waals surface area (Å²) in [5.74, 6) is -0.180. The second kappa shape index (κ2) is 6.00. The van der Waals surface area contributed by atoms with Crippen molar-refractivity contribution < 1.29 is 13.2 Å². The Kier molecular flexibility index (Phi) is 4.04. The van der Waals surface area contributed by atoms with Crippen LogP contribution in [0, 0.1) is 0 Å². The van der Waals surface area contributed by atoms with E-state index >= 15 is 0 Å². The quantitative estimate of drug-likeness (QED) is 0.787. The van der Waals surface area contributed by atoms with Crippen LogP contribution in [0.3, 0.4) is 0 Å². The predicted molar refractivity (Wildman–Crippen MR) is 86.2 cm³/mol. The van der Waals surface area contributed by atoms with Crippen LogP contribution >= 0.6 is 0 Å². The molecule has 0 atom stereocenters. The van der Waals surface area contributed by atoms with Gasteiger partial charge in [0.05, 0.1) is 0 Å². The molecule has 0 bridgehead atoms. The Balaban J connectivity index is 1.62. The Morgan fingerprint density at radius 2 is 1.96 bits per heavy atom. The van der Waals surface area contributed by atoms with Crippen LogP contribution in [-0.2, 0) is 21.7 Å². The minimum atomic E-state index is -3.49. The van der Waals surface area contributed by atoms with Gasteiger partial charge in [0.1, 0.15) is 5.25 Å². The van der Waals surface area contributed by atoms with Gasteiger partial charge < -0.3 is 9.47 Å². The molecule has 23 heavy (non-hydrogen) atoms. The molecular formula is C16H17N3O3S. The van der Waals surface area contributed by atoms with Crippen LogP contribution in [0.1, 0.15) is 5.56 Å². The molecule has 0 saturated carbocycles. The zero-order valence-corrected chi connectivity index (χ0v) is 13.5. The van der Waals surface area contributed by atoms with E-state index in [2.05, 4.69) is 4.98 Å². The molecule has 1 aliphatic heterocycles. The average molecular weight is 331 g/mol. The van der Waals surface area contributed by atoms with Crippen molar-refractivity contribution >= 4 is 21.8 Å². The number of sulfone groups is 1. The van der Waals surface area contributed by atoms with Crippen LogP contribution in [0.2, 0.25) is 0 Å². The summed E-state index contributed by atoms with van der Waals surface area (Å²) in [5, 5.41) is -0.535. The molecule has 0 spiro atoms. The topological polar surface area (TPSA) is 72.3 Å². The maximum atomic E-state index is 12.4. The van der Waals surface area contributed by atoms with E-state index in [1.54, 1.807) is 19.3 Å². The molecule has 1 saturated heterocycles. The SMILES string of the molecule is Cn1ccnc1S(=O)(=O)C1CN(C(=O)/C=C/c2ccccc2)C1. The lowest BCUT2D eigenvalue weighted by molar-refractivity contribution is -0.128. The Morgan fingerprint density at radius 1 is 1.26 bits per heavy atom. The molecular weight excluding hydrogens is 314 g/mol. The van der Waals surface area contributed by atoms with Gasteiger partial charge in [-0.05, 0) is 11.6 Å². The maximum absolute atomic E-state index is 12.4. The second-order valence-electron chi connectivity index (χ2n) is 5.47. The van der Waals surface area contributed by atoms with Gasteiger partial charge in [-0.1, -0.05) is 30.3 Å². The summed E-state index contributed by atoms with van der Waals surface area (Å²) in [7, 11) is -1.85. The summed E-state index contributed by atoms with van der Waals surface area (Å²) in [4.78, 5) is 17.5. The number of aromatic nitrogens is 2. The lowest BCUT2D eigenvalue weighted by Gasteiger charge is -2.37. The van der Waals surface area contributed by atoms with E-state index in [-0.39, 0.29) is 24.2 Å². The third-order valence-corrected chi connectivity index (χ3v) is 5.93. The van der Waals surface area contributed by atoms with Crippen molar-refractivity contribution in [2.24, 2.45) is 7.05 Å². The van der Waals surface area contributed by atoms with E-state index in [1.807, 2.05) is 30.3 Å². The van der Waals surface area contributed by atoms with E-state index in [4.69, 9.17) is 0 Å². The first-order chi connectivity index (χ1) is 11.0. The Morgan fingerprint density at radius 3 is 2.57 bits per heavy atom. The molecule has 0 unspecified atom stereocenters. The van der Waals surface area contributed by atoms with Crippen molar-refractivity contribution in [3.05, 3.63) is 54.4 Å². The Bertz CT molecular complexity index is 834. The fourth-order valence-corrected chi connectivity index (χ4v) is 4.15. The number of likely N-dealkylation sites (tertiary alicyclic amines) is 1. The fraction of sp³-hybridized carbons (Fsp3) is 0.250. The molecule has 1 aromatic carbocycles. The molecule has 120 valence electrons. The van der Waals surface area contributed by atoms with E-state index < -0.39 is 15.1 Å². The van der Waals surface area contributed by atoms with Gasteiger partial charge in [0, 0.05) is 38.6 Å². The number of hydrogen-bond donors (Lipinski definition) is 0. The van der Waals surface area contributed by atoms with E-state index in [0.717, 1.165) is 5.56 Å². The number of imidazole rings is 1. The molecule has 2 aromatic rings. The number of hydrogen-bond acceptors (Lipinski definition) is 4. The normalized spacial score (nSPS) is 15.8. The van der Waals surface area contributed by atoms with Crippen molar-refractivity contribution in [3.63, 3.8) is 0 Å². The molecule has 7 heteroatoms. The first kappa shape index (κ1) is 15.5. The third kappa shape index (κ3) is 3.05. The summed E-state index contributed by atoms with van der Waals surface area (Å²) in [6.45, 7) is 0.403. The molecule has 0 aliphatic carbocycles. The summed E-state index contributed by atoms with van der Waals surface area (Å²) >= 11 is 0. The molecule has 1 amide bonds. The lowest BCUT2D eigenvalue weighted by Crippen LogP contribution is -2.56. The van der Waals surface area contributed by atoms with Crippen molar-refractivity contribution in [2.45, 2.75) is 10.4 Å². The molecule has 0 radical (unpaired) electrons. The number of carbonyl (C=O) groups is 1. The van der Waals surface area contributed by atoms with Crippen LogP contribution in [0.4, 0.5) is 0 Å². The third-order valence-electron chi connectivity index (χ3n) is 3.85. The largest absolute Gasteiger partial charge is 0.336 e. The highest BCUT2D eigenvalue weighted by molar-refractivity contribution is 7.92. The number of carbonyl (C=O) groups excluding carboxylic acids is 1. The summed E-state index contributed by atoms with van der Waals surface area (Å²) in [6.07, 6.45) is 6.25. The van der Waals surface area contributed by atoms with Gasteiger partial charge >= 0.3 is 0 Å². The van der Waals surface area contributed by atoms with Crippen LogP contribution in [0.15, 0.2) is 54.0 Å². The highest BCUT2D eigenvalue weighted by Crippen LogP contribution is 2.22. The minimum Gasteiger partial charge on any atom is -0.336 e. The summed E-state index contributed by atoms with van der Waals surface area (Å²) in [6, 6.07) is 9.48. The molecule has 3 rings (SSSR count). The number of benzene rings is 1. The maximum Gasteiger partial charge on any atom is 0.246 e. The zero-order chi connectivity index (χ0) is 16.4. The van der Waals surface area contributed by atoms with Gasteiger partial charge in [-0.25, -0.2) is 13.4 Å². The lowest BCUT2D eigenvalue weighted by atomic mass is 10.2. The van der Waals surface area contributed by atoms with Crippen LogP contribution < -0.4 is 0 Å². The highest BCUT2D eigenvalue weighted by atomic mass is 32.2. The highest BCUT2D eigenvalue weighted by Gasteiger charge is 2.41. The van der Waals surface area contributed by atoms with E-state index in [9.17, 15) is 13.2 Å². The molecule has 0 N–H and O–H groups in total. The van der Waals surface area contributed by atoms with Crippen molar-refractivity contribution in [2.75, 3.05) is 13.1 Å². The van der Waals surface area contributed by atoms with Gasteiger partial charge in [0.15, 0.2) is 0 Å². The average Bonchev–Trinajstić information content (AvgIpc) is 2.91. The van der Waals surface area contributed by atoms with Crippen LogP contribution in [-0.4, -0.2) is 47.1 Å². The van der Waals surface area contributed by atoms with Gasteiger partial charge in [0.25, 0.3) is 0 Å². The number of aryl methyl sites for hydroxylation is 1. The van der Waals surface area contributed by atoms with E-state index in [0.29, 0.717) is 0 Å². The molecule has 6 nitrogen and oxygen atoms in total. The smallest absolute Gasteiger partial charge is 0.246 e. The van der Waals surface area contributed by atoms with Crippen molar-refractivity contribution in [1.29, 1.82) is 0 Å². The minimum absolute atomic E-state index is 0.0504. The van der Waals surface area contributed by atoms with E-state index in [1.165, 1.54) is 21.7 Å². The fourth-order valence-electron chi connectivity index (χ4n) is 2.43. The van der Waals surface area contributed by atoms with Crippen LogP contribution in [0.5, 0.6) is 0 Å². The number of nitrogens with zero attached hydrogens (tertiary/aromatic N) is 3. The predicted octanol–water partition coefficient (Wildman–Crippen LogP) is 1.12. The Labute approximate surface area is 135 Å². The van der Waals surface area contributed by atoms with Gasteiger partial charge in [0.2, 0.25) is 20.9 Å². The molecule has 1 aliphatic rings. The first-order valence-corrected chi connectivity index (χ1v) is 8.76. The summed E-state index contributed by atoms with van der Waals surface area (Å²) in [5.41, 5.74) is 0.929. The number of amides is 1. The van der Waals surface area contributed by atoms with Crippen molar-refractivity contribution in [3.8, 4) is 0 Å². The monoisotopic (exact) mass is 331 g/mol. The molecule has 2 heterocycles. The summed E-state index contributed by atoms with van der Waals surface area (Å²) < 4.78 is 26.3.